The van der Waals surface area contributed by atoms with Gasteiger partial charge < -0.3 is 28.4 Å². The summed E-state index contributed by atoms with van der Waals surface area (Å²) in [4.78, 5) is 60.8. The van der Waals surface area contributed by atoms with E-state index < -0.39 is 67.1 Å². The fourth-order valence-corrected chi connectivity index (χ4v) is 5.39. The van der Waals surface area contributed by atoms with Crippen LogP contribution in [0.15, 0.2) is 36.5 Å². The highest BCUT2D eigenvalue weighted by Crippen LogP contribution is 2.35. The van der Waals surface area contributed by atoms with E-state index in [1.165, 1.54) is 18.7 Å². The lowest BCUT2D eigenvalue weighted by Crippen LogP contribution is -2.60. The normalized spacial score (nSPS) is 20.8. The minimum atomic E-state index is -1.41. The Bertz CT molecular complexity index is 1600. The summed E-state index contributed by atoms with van der Waals surface area (Å²) in [6, 6.07) is 10.4. The van der Waals surface area contributed by atoms with Gasteiger partial charge in [-0.25, -0.2) is 9.48 Å². The van der Waals surface area contributed by atoms with Crippen molar-refractivity contribution in [2.75, 3.05) is 13.2 Å². The molecule has 0 bridgehead atoms. The van der Waals surface area contributed by atoms with Crippen LogP contribution in [-0.4, -0.2) is 82.5 Å². The number of ether oxygens (including phenoxy) is 6. The van der Waals surface area contributed by atoms with Crippen molar-refractivity contribution >= 4 is 29.8 Å². The Balaban J connectivity index is 1.55. The molecule has 1 aliphatic heterocycles. The van der Waals surface area contributed by atoms with Crippen LogP contribution in [0.4, 0.5) is 0 Å². The zero-order valence-electron chi connectivity index (χ0n) is 27.4. The molecule has 3 aliphatic rings. The van der Waals surface area contributed by atoms with Crippen molar-refractivity contribution < 1.29 is 52.4 Å². The van der Waals surface area contributed by atoms with Crippen LogP contribution in [0.25, 0.3) is 11.1 Å². The number of carbonyl (C=O) groups is 5. The van der Waals surface area contributed by atoms with Crippen molar-refractivity contribution in [3.63, 3.8) is 0 Å². The molecule has 47 heavy (non-hydrogen) atoms. The van der Waals surface area contributed by atoms with Crippen molar-refractivity contribution in [1.82, 2.24) is 15.0 Å². The third kappa shape index (κ3) is 8.70. The zero-order chi connectivity index (χ0) is 34.4. The van der Waals surface area contributed by atoms with Crippen LogP contribution in [0.2, 0.25) is 0 Å². The fourth-order valence-electron chi connectivity index (χ4n) is 5.39. The molecule has 0 saturated carbocycles. The van der Waals surface area contributed by atoms with Crippen LogP contribution in [0.3, 0.4) is 0 Å². The number of aryl methyl sites for hydroxylation is 1. The number of esters is 5. The number of carbonyl (C=O) groups excluding carboxylic acids is 5. The molecule has 2 aliphatic carbocycles. The third-order valence-electron chi connectivity index (χ3n) is 7.57. The van der Waals surface area contributed by atoms with Crippen LogP contribution in [-0.2, 0) is 54.0 Å². The highest BCUT2D eigenvalue weighted by molar-refractivity contribution is 5.86. The summed E-state index contributed by atoms with van der Waals surface area (Å²) in [6.45, 7) is 10.5. The second-order valence-electron chi connectivity index (χ2n) is 11.6. The van der Waals surface area contributed by atoms with Gasteiger partial charge in [-0.2, -0.15) is 0 Å². The predicted octanol–water partition coefficient (Wildman–Crippen LogP) is 3.47. The van der Waals surface area contributed by atoms with Gasteiger partial charge in [0.05, 0.1) is 12.8 Å². The van der Waals surface area contributed by atoms with Gasteiger partial charge in [-0.05, 0) is 40.7 Å². The molecule has 0 spiro atoms. The quantitative estimate of drug-likeness (QED) is 0.218. The largest absolute Gasteiger partial charge is 0.463 e. The summed E-state index contributed by atoms with van der Waals surface area (Å²) < 4.78 is 34.1. The molecule has 1 aromatic heterocycles. The highest BCUT2D eigenvalue weighted by atomic mass is 16.7. The van der Waals surface area contributed by atoms with Gasteiger partial charge in [0.15, 0.2) is 30.2 Å². The average Bonchev–Trinajstić information content (AvgIpc) is 3.56. The van der Waals surface area contributed by atoms with Gasteiger partial charge in [0.25, 0.3) is 0 Å². The summed E-state index contributed by atoms with van der Waals surface area (Å²) >= 11 is 0. The maximum Gasteiger partial charge on any atom is 0.360 e. The van der Waals surface area contributed by atoms with Gasteiger partial charge in [-0.1, -0.05) is 49.4 Å². The van der Waals surface area contributed by atoms with E-state index in [2.05, 4.69) is 55.3 Å². The first-order valence-electron chi connectivity index (χ1n) is 15.2. The smallest absolute Gasteiger partial charge is 0.360 e. The van der Waals surface area contributed by atoms with E-state index in [1.807, 2.05) is 6.07 Å². The molecule has 14 heteroatoms. The minimum Gasteiger partial charge on any atom is -0.463 e. The lowest BCUT2D eigenvalue weighted by Gasteiger charge is -2.44. The molecule has 0 amide bonds. The van der Waals surface area contributed by atoms with E-state index >= 15 is 0 Å². The summed E-state index contributed by atoms with van der Waals surface area (Å²) in [5, 5.41) is 7.90. The van der Waals surface area contributed by atoms with Crippen molar-refractivity contribution in [3.05, 3.63) is 58.9 Å². The van der Waals surface area contributed by atoms with Crippen LogP contribution >= 0.6 is 0 Å². The molecule has 0 unspecified atom stereocenters. The summed E-state index contributed by atoms with van der Waals surface area (Å²) in [5.41, 5.74) is 5.44. The van der Waals surface area contributed by atoms with Crippen LogP contribution in [0.1, 0.15) is 80.9 Å². The fraction of sp³-hybridized carbons (Fsp3) is 0.485. The van der Waals surface area contributed by atoms with Gasteiger partial charge in [0, 0.05) is 34.1 Å². The van der Waals surface area contributed by atoms with E-state index in [0.29, 0.717) is 12.3 Å². The first kappa shape index (κ1) is 35.0. The third-order valence-corrected chi connectivity index (χ3v) is 7.57. The molecule has 4 rings (SSSR count). The molecule has 2 heterocycles. The SMILES string of the molecule is CC(=O)OC[C@H]1O[C@@H](n2cc(C(=O)OCCc3ccc(C(C)C)cc4c(C)ccc3-4)nn2)[C@@H](OC(C)=O)[C@@H](OC(C)=O)[C@@H]1OC(C)=O. The van der Waals surface area contributed by atoms with Crippen LogP contribution in [0, 0.1) is 6.92 Å². The Kier molecular flexibility index (Phi) is 11.3. The van der Waals surface area contributed by atoms with Gasteiger partial charge in [0.2, 0.25) is 0 Å². The van der Waals surface area contributed by atoms with Crippen molar-refractivity contribution in [2.45, 2.75) is 91.4 Å². The maximum atomic E-state index is 13.0. The Morgan fingerprint density at radius 2 is 1.49 bits per heavy atom. The van der Waals surface area contributed by atoms with E-state index in [1.54, 1.807) is 0 Å². The Labute approximate surface area is 271 Å². The Morgan fingerprint density at radius 3 is 2.13 bits per heavy atom. The molecule has 0 N–H and O–H groups in total. The molecule has 1 fully saturated rings. The van der Waals surface area contributed by atoms with Crippen molar-refractivity contribution in [3.8, 4) is 11.1 Å². The maximum absolute atomic E-state index is 13.0. The second kappa shape index (κ2) is 15.2. The molecule has 252 valence electrons. The summed E-state index contributed by atoms with van der Waals surface area (Å²) in [5.74, 6) is -3.38. The number of aromatic nitrogens is 3. The molecule has 14 nitrogen and oxygen atoms in total. The molecule has 0 aromatic carbocycles. The topological polar surface area (TPSA) is 171 Å². The monoisotopic (exact) mass is 653 g/mol. The minimum absolute atomic E-state index is 0.0606. The van der Waals surface area contributed by atoms with Crippen molar-refractivity contribution in [2.24, 2.45) is 0 Å². The molecule has 0 radical (unpaired) electrons. The van der Waals surface area contributed by atoms with Crippen LogP contribution < -0.4 is 0 Å². The molecule has 1 saturated heterocycles. The predicted molar refractivity (Wildman–Crippen MR) is 163 cm³/mol. The number of fused-ring (bicyclic) bond motifs is 1. The van der Waals surface area contributed by atoms with E-state index in [-0.39, 0.29) is 12.3 Å². The van der Waals surface area contributed by atoms with Gasteiger partial charge in [0.1, 0.15) is 12.7 Å². The molecule has 1 aromatic rings. The summed E-state index contributed by atoms with van der Waals surface area (Å²) in [7, 11) is 0. The summed E-state index contributed by atoms with van der Waals surface area (Å²) in [6.07, 6.45) is -5.02. The lowest BCUT2D eigenvalue weighted by atomic mass is 9.97. The van der Waals surface area contributed by atoms with E-state index in [4.69, 9.17) is 28.4 Å². The standard InChI is InChI=1S/C33H39N3O11/c1-17(2)24-10-9-23(25-11-8-18(3)26(25)14-24)12-13-42-33(41)27-15-36(35-34-27)32-31(46-22(7)40)30(45-21(6)39)29(44-20(5)38)28(47-32)16-43-19(4)37/h8-11,14-15,17,28-32H,12-13,16H2,1-7H3/t28-,29-,30+,31+,32-/m1/s1. The van der Waals surface area contributed by atoms with E-state index in [0.717, 1.165) is 47.7 Å². The molecule has 5 atom stereocenters. The number of hydrogen-bond acceptors (Lipinski definition) is 13. The first-order valence-corrected chi connectivity index (χ1v) is 15.2. The Hall–Kier alpha value is -4.85. The van der Waals surface area contributed by atoms with Gasteiger partial charge in [-0.3, -0.25) is 19.2 Å². The molecular formula is C33H39N3O11. The lowest BCUT2D eigenvalue weighted by molar-refractivity contribution is -0.270. The van der Waals surface area contributed by atoms with Crippen molar-refractivity contribution in [1.29, 1.82) is 0 Å². The second-order valence-corrected chi connectivity index (χ2v) is 11.6. The van der Waals surface area contributed by atoms with E-state index in [9.17, 15) is 24.0 Å². The highest BCUT2D eigenvalue weighted by Gasteiger charge is 2.53. The van der Waals surface area contributed by atoms with Crippen LogP contribution in [0.5, 0.6) is 0 Å². The number of nitrogens with zero attached hydrogens (tertiary/aromatic N) is 3. The Morgan fingerprint density at radius 1 is 0.830 bits per heavy atom. The number of hydrogen-bond donors (Lipinski definition) is 0. The van der Waals surface area contributed by atoms with Gasteiger partial charge in [-0.15, -0.1) is 5.10 Å². The first-order chi connectivity index (χ1) is 22.2. The average molecular weight is 654 g/mol. The number of rotatable bonds is 11. The zero-order valence-corrected chi connectivity index (χ0v) is 27.4. The van der Waals surface area contributed by atoms with Gasteiger partial charge >= 0.3 is 29.8 Å². The molecular weight excluding hydrogens is 614 g/mol.